The van der Waals surface area contributed by atoms with Crippen molar-refractivity contribution in [1.29, 1.82) is 0 Å². The highest BCUT2D eigenvalue weighted by Crippen LogP contribution is 2.29. The number of hydrogen-bond acceptors (Lipinski definition) is 6. The zero-order chi connectivity index (χ0) is 23.4. The van der Waals surface area contributed by atoms with Gasteiger partial charge >= 0.3 is 0 Å². The number of thiophene rings is 1. The Bertz CT molecular complexity index is 1210. The topological polar surface area (TPSA) is 87.7 Å². The molecule has 0 aliphatic carbocycles. The van der Waals surface area contributed by atoms with E-state index in [2.05, 4.69) is 10.6 Å². The van der Waals surface area contributed by atoms with Gasteiger partial charge in [-0.15, -0.1) is 11.3 Å². The lowest BCUT2D eigenvalue weighted by molar-refractivity contribution is -0.120. The number of carbonyl (C=O) groups excluding carboxylic acids is 1. The SMILES string of the molecule is COc1ccc(Nc2ccc(NC(=O)[C@H]3CCCN(S(=O)(=O)c4ccc(C)s4)C3)cc2)cc1. The molecule has 1 amide bonds. The number of nitrogens with zero attached hydrogens (tertiary/aromatic N) is 1. The van der Waals surface area contributed by atoms with E-state index in [4.69, 9.17) is 4.74 Å². The van der Waals surface area contributed by atoms with E-state index >= 15 is 0 Å². The Labute approximate surface area is 198 Å². The molecule has 1 aliphatic rings. The maximum Gasteiger partial charge on any atom is 0.252 e. The highest BCUT2D eigenvalue weighted by Gasteiger charge is 2.34. The van der Waals surface area contributed by atoms with Gasteiger partial charge in [-0.05, 0) is 80.4 Å². The van der Waals surface area contributed by atoms with Crippen molar-refractivity contribution in [3.05, 3.63) is 65.5 Å². The maximum absolute atomic E-state index is 12.9. The van der Waals surface area contributed by atoms with Crippen LogP contribution in [0.15, 0.2) is 64.9 Å². The molecule has 33 heavy (non-hydrogen) atoms. The van der Waals surface area contributed by atoms with Gasteiger partial charge in [0.2, 0.25) is 5.91 Å². The first kappa shape index (κ1) is 23.3. The number of ether oxygens (including phenoxy) is 1. The maximum atomic E-state index is 12.9. The number of nitrogens with one attached hydrogen (secondary N) is 2. The third kappa shape index (κ3) is 5.55. The highest BCUT2D eigenvalue weighted by molar-refractivity contribution is 7.91. The molecule has 2 N–H and O–H groups in total. The number of amides is 1. The van der Waals surface area contributed by atoms with E-state index in [1.54, 1.807) is 19.2 Å². The summed E-state index contributed by atoms with van der Waals surface area (Å²) in [7, 11) is -1.94. The van der Waals surface area contributed by atoms with Crippen molar-refractivity contribution in [2.24, 2.45) is 5.92 Å². The van der Waals surface area contributed by atoms with Crippen molar-refractivity contribution in [3.63, 3.8) is 0 Å². The molecule has 0 radical (unpaired) electrons. The molecule has 1 atom stereocenters. The molecular weight excluding hydrogens is 458 g/mol. The number of anilines is 3. The first-order valence-corrected chi connectivity index (χ1v) is 13.0. The fourth-order valence-corrected chi connectivity index (χ4v) is 6.74. The van der Waals surface area contributed by atoms with E-state index in [1.807, 2.05) is 55.5 Å². The van der Waals surface area contributed by atoms with Gasteiger partial charge in [0.25, 0.3) is 10.0 Å². The predicted octanol–water partition coefficient (Wildman–Crippen LogP) is 4.85. The monoisotopic (exact) mass is 485 g/mol. The normalized spacial score (nSPS) is 16.8. The molecular formula is C24H27N3O4S2. The van der Waals surface area contributed by atoms with Gasteiger partial charge < -0.3 is 15.4 Å². The Kier molecular flexibility index (Phi) is 7.02. The fraction of sp³-hybridized carbons (Fsp3) is 0.292. The van der Waals surface area contributed by atoms with Crippen LogP contribution in [0.1, 0.15) is 17.7 Å². The number of rotatable bonds is 7. The van der Waals surface area contributed by atoms with E-state index in [0.29, 0.717) is 29.3 Å². The molecule has 7 nitrogen and oxygen atoms in total. The van der Waals surface area contributed by atoms with Crippen molar-refractivity contribution < 1.29 is 17.9 Å². The van der Waals surface area contributed by atoms with Gasteiger partial charge in [0.15, 0.2) is 0 Å². The zero-order valence-electron chi connectivity index (χ0n) is 18.6. The van der Waals surface area contributed by atoms with Crippen LogP contribution >= 0.6 is 11.3 Å². The van der Waals surface area contributed by atoms with Gasteiger partial charge in [0, 0.05) is 35.0 Å². The summed E-state index contributed by atoms with van der Waals surface area (Å²) in [5.74, 6) is 0.248. The first-order valence-electron chi connectivity index (χ1n) is 10.7. The minimum absolute atomic E-state index is 0.159. The smallest absolute Gasteiger partial charge is 0.252 e. The number of piperidine rings is 1. The number of carbonyl (C=O) groups is 1. The quantitative estimate of drug-likeness (QED) is 0.500. The van der Waals surface area contributed by atoms with Crippen molar-refractivity contribution in [3.8, 4) is 5.75 Å². The third-order valence-corrected chi connectivity index (χ3v) is 8.93. The van der Waals surface area contributed by atoms with Crippen LogP contribution in [0, 0.1) is 12.8 Å². The molecule has 1 saturated heterocycles. The standard InChI is InChI=1S/C24H27N3O4S2/c1-17-5-14-23(32-17)33(29,30)27-15-3-4-18(16-27)24(28)26-21-8-6-19(7-9-21)25-20-10-12-22(31-2)13-11-20/h5-14,18,25H,3-4,15-16H2,1-2H3,(H,26,28)/t18-/m0/s1. The Hall–Kier alpha value is -2.88. The van der Waals surface area contributed by atoms with Crippen LogP contribution in [-0.2, 0) is 14.8 Å². The molecule has 2 heterocycles. The number of methoxy groups -OCH3 is 1. The summed E-state index contributed by atoms with van der Waals surface area (Å²) in [6.45, 7) is 2.52. The Balaban J connectivity index is 1.36. The second-order valence-corrected chi connectivity index (χ2v) is 11.4. The van der Waals surface area contributed by atoms with Crippen LogP contribution in [0.4, 0.5) is 17.1 Å². The summed E-state index contributed by atoms with van der Waals surface area (Å²) in [6, 6.07) is 18.5. The number of hydrogen-bond donors (Lipinski definition) is 2. The average molecular weight is 486 g/mol. The lowest BCUT2D eigenvalue weighted by Gasteiger charge is -2.30. The molecule has 174 valence electrons. The molecule has 3 aromatic rings. The Morgan fingerprint density at radius 2 is 1.64 bits per heavy atom. The van der Waals surface area contributed by atoms with Crippen LogP contribution in [0.5, 0.6) is 5.75 Å². The molecule has 0 bridgehead atoms. The van der Waals surface area contributed by atoms with E-state index in [1.165, 1.54) is 15.6 Å². The summed E-state index contributed by atoms with van der Waals surface area (Å²) in [6.07, 6.45) is 1.32. The van der Waals surface area contributed by atoms with Gasteiger partial charge in [-0.25, -0.2) is 8.42 Å². The first-order chi connectivity index (χ1) is 15.8. The lowest BCUT2D eigenvalue weighted by Crippen LogP contribution is -2.43. The van der Waals surface area contributed by atoms with E-state index in [-0.39, 0.29) is 18.4 Å². The minimum atomic E-state index is -3.56. The zero-order valence-corrected chi connectivity index (χ0v) is 20.2. The largest absolute Gasteiger partial charge is 0.497 e. The lowest BCUT2D eigenvalue weighted by atomic mass is 9.98. The predicted molar refractivity (Wildman–Crippen MR) is 132 cm³/mol. The molecule has 2 aromatic carbocycles. The molecule has 1 fully saturated rings. The fourth-order valence-electron chi connectivity index (χ4n) is 3.77. The molecule has 0 spiro atoms. The van der Waals surface area contributed by atoms with E-state index in [9.17, 15) is 13.2 Å². The Morgan fingerprint density at radius 3 is 2.24 bits per heavy atom. The molecule has 9 heteroatoms. The van der Waals surface area contributed by atoms with Gasteiger partial charge in [-0.3, -0.25) is 4.79 Å². The van der Waals surface area contributed by atoms with Crippen molar-refractivity contribution in [2.45, 2.75) is 24.0 Å². The van der Waals surface area contributed by atoms with Gasteiger partial charge in [-0.1, -0.05) is 0 Å². The van der Waals surface area contributed by atoms with Gasteiger partial charge in [-0.2, -0.15) is 4.31 Å². The number of sulfonamides is 1. The van der Waals surface area contributed by atoms with Crippen LogP contribution in [0.25, 0.3) is 0 Å². The second-order valence-electron chi connectivity index (χ2n) is 7.99. The van der Waals surface area contributed by atoms with E-state index < -0.39 is 10.0 Å². The second kappa shape index (κ2) is 9.94. The van der Waals surface area contributed by atoms with Crippen LogP contribution in [-0.4, -0.2) is 38.8 Å². The molecule has 1 aromatic heterocycles. The number of benzene rings is 2. The summed E-state index contributed by atoms with van der Waals surface area (Å²) in [4.78, 5) is 13.8. The van der Waals surface area contributed by atoms with Crippen LogP contribution in [0.2, 0.25) is 0 Å². The van der Waals surface area contributed by atoms with Gasteiger partial charge in [0.05, 0.1) is 13.0 Å². The van der Waals surface area contributed by atoms with Crippen molar-refractivity contribution >= 4 is 44.3 Å². The number of aryl methyl sites for hydroxylation is 1. The van der Waals surface area contributed by atoms with Crippen LogP contribution < -0.4 is 15.4 Å². The van der Waals surface area contributed by atoms with Crippen molar-refractivity contribution in [1.82, 2.24) is 4.31 Å². The highest BCUT2D eigenvalue weighted by atomic mass is 32.2. The minimum Gasteiger partial charge on any atom is -0.497 e. The average Bonchev–Trinajstić information content (AvgIpc) is 3.28. The molecule has 0 unspecified atom stereocenters. The molecule has 1 aliphatic heterocycles. The van der Waals surface area contributed by atoms with E-state index in [0.717, 1.165) is 22.0 Å². The van der Waals surface area contributed by atoms with Crippen LogP contribution in [0.3, 0.4) is 0 Å². The summed E-state index contributed by atoms with van der Waals surface area (Å²) >= 11 is 1.26. The third-order valence-electron chi connectivity index (χ3n) is 5.60. The Morgan fingerprint density at radius 1 is 1.00 bits per heavy atom. The summed E-state index contributed by atoms with van der Waals surface area (Å²) < 4.78 is 32.8. The molecule has 4 rings (SSSR count). The summed E-state index contributed by atoms with van der Waals surface area (Å²) in [5, 5.41) is 6.23. The van der Waals surface area contributed by atoms with Crippen molar-refractivity contribution in [2.75, 3.05) is 30.8 Å². The summed E-state index contributed by atoms with van der Waals surface area (Å²) in [5.41, 5.74) is 2.49. The molecule has 0 saturated carbocycles. The van der Waals surface area contributed by atoms with Gasteiger partial charge in [0.1, 0.15) is 9.96 Å².